The summed E-state index contributed by atoms with van der Waals surface area (Å²) in [6, 6.07) is 3.95. The fraction of sp³-hybridized carbons (Fsp3) is 0.560. The zero-order chi connectivity index (χ0) is 27.6. The lowest BCUT2D eigenvalue weighted by Gasteiger charge is -2.38. The number of carbonyl (C=O) groups excluding carboxylic acids is 5. The Bertz CT molecular complexity index is 958. The van der Waals surface area contributed by atoms with Crippen LogP contribution in [0.2, 0.25) is 0 Å². The molecule has 0 heterocycles. The number of nitrogens with two attached hydrogens (primary N) is 1. The number of carbonyl (C=O) groups is 5. The average molecular weight is 507 g/mol. The molecule has 0 aliphatic heterocycles. The summed E-state index contributed by atoms with van der Waals surface area (Å²) in [5.41, 5.74) is 5.77. The highest BCUT2D eigenvalue weighted by molar-refractivity contribution is 5.95. The van der Waals surface area contributed by atoms with E-state index in [1.165, 1.54) is 12.0 Å². The third-order valence-corrected chi connectivity index (χ3v) is 5.36. The number of nitrogens with one attached hydrogen (secondary N) is 2. The van der Waals surface area contributed by atoms with E-state index in [0.29, 0.717) is 12.0 Å². The summed E-state index contributed by atoms with van der Waals surface area (Å²) in [6.07, 6.45) is -0.961. The molecular weight excluding hydrogens is 468 g/mol. The molecule has 36 heavy (non-hydrogen) atoms. The smallest absolute Gasteiger partial charge is 0.408 e. The Morgan fingerprint density at radius 1 is 1.11 bits per heavy atom. The summed E-state index contributed by atoms with van der Waals surface area (Å²) in [4.78, 5) is 64.6. The van der Waals surface area contributed by atoms with Gasteiger partial charge in [-0.15, -0.1) is 0 Å². The first-order valence-electron chi connectivity index (χ1n) is 11.7. The van der Waals surface area contributed by atoms with Gasteiger partial charge in [0.15, 0.2) is 0 Å². The number of hydrogen-bond acceptors (Lipinski definition) is 7. The van der Waals surface area contributed by atoms with Gasteiger partial charge in [0.2, 0.25) is 17.7 Å². The van der Waals surface area contributed by atoms with Crippen molar-refractivity contribution >= 4 is 29.8 Å². The number of hydrogen-bond donors (Lipinski definition) is 3. The highest BCUT2D eigenvalue weighted by Gasteiger charge is 2.39. The van der Waals surface area contributed by atoms with E-state index < -0.39 is 66.5 Å². The lowest BCUT2D eigenvalue weighted by molar-refractivity contribution is -0.147. The van der Waals surface area contributed by atoms with Crippen LogP contribution < -0.4 is 16.4 Å². The number of amides is 4. The van der Waals surface area contributed by atoms with Crippen molar-refractivity contribution in [2.45, 2.75) is 78.1 Å². The SMILES string of the molecule is CCC(C)N(C(=O)C(CC(N)=O)NC(=O)OC(C)(C)C)C(C(=O)NCC(=O)OC)c1ccccc1C. The molecule has 0 bridgehead atoms. The van der Waals surface area contributed by atoms with Gasteiger partial charge < -0.3 is 30.7 Å². The van der Waals surface area contributed by atoms with Crippen LogP contribution in [0.5, 0.6) is 0 Å². The molecule has 11 heteroatoms. The number of nitrogens with zero attached hydrogens (tertiary/aromatic N) is 1. The zero-order valence-corrected chi connectivity index (χ0v) is 22.0. The lowest BCUT2D eigenvalue weighted by Crippen LogP contribution is -2.56. The van der Waals surface area contributed by atoms with Crippen molar-refractivity contribution < 1.29 is 33.4 Å². The Balaban J connectivity index is 3.54. The molecule has 0 saturated heterocycles. The van der Waals surface area contributed by atoms with Crippen LogP contribution in [-0.2, 0) is 28.7 Å². The van der Waals surface area contributed by atoms with Crippen molar-refractivity contribution in [1.82, 2.24) is 15.5 Å². The van der Waals surface area contributed by atoms with Gasteiger partial charge in [-0.3, -0.25) is 19.2 Å². The van der Waals surface area contributed by atoms with Crippen LogP contribution in [-0.4, -0.2) is 66.0 Å². The van der Waals surface area contributed by atoms with E-state index in [9.17, 15) is 24.0 Å². The zero-order valence-electron chi connectivity index (χ0n) is 22.0. The minimum absolute atomic E-state index is 0.402. The van der Waals surface area contributed by atoms with E-state index in [0.717, 1.165) is 5.56 Å². The molecule has 3 unspecified atom stereocenters. The Labute approximate surface area is 212 Å². The molecule has 4 amide bonds. The van der Waals surface area contributed by atoms with Crippen molar-refractivity contribution in [3.05, 3.63) is 35.4 Å². The monoisotopic (exact) mass is 506 g/mol. The van der Waals surface area contributed by atoms with Crippen LogP contribution in [0, 0.1) is 6.92 Å². The molecule has 1 aromatic rings. The van der Waals surface area contributed by atoms with Crippen molar-refractivity contribution in [1.29, 1.82) is 0 Å². The van der Waals surface area contributed by atoms with E-state index in [1.54, 1.807) is 58.9 Å². The number of rotatable bonds is 11. The molecule has 0 aliphatic rings. The van der Waals surface area contributed by atoms with Gasteiger partial charge in [0.1, 0.15) is 24.2 Å². The van der Waals surface area contributed by atoms with E-state index in [-0.39, 0.29) is 0 Å². The standard InChI is InChI=1S/C25H38N4O7/c1-8-16(3)29(23(33)18(13-19(26)30)28-24(34)36-25(4,5)6)21(17-12-10-9-11-15(17)2)22(32)27-14-20(31)35-7/h9-12,16,18,21H,8,13-14H2,1-7H3,(H2,26,30)(H,27,32)(H,28,34). The summed E-state index contributed by atoms with van der Waals surface area (Å²) >= 11 is 0. The molecule has 0 aromatic heterocycles. The second kappa shape index (κ2) is 13.5. The van der Waals surface area contributed by atoms with Gasteiger partial charge in [0, 0.05) is 6.04 Å². The fourth-order valence-electron chi connectivity index (χ4n) is 3.47. The number of ether oxygens (including phenoxy) is 2. The van der Waals surface area contributed by atoms with Crippen molar-refractivity contribution in [3.8, 4) is 0 Å². The molecule has 0 radical (unpaired) electrons. The van der Waals surface area contributed by atoms with Crippen molar-refractivity contribution in [2.24, 2.45) is 5.73 Å². The van der Waals surface area contributed by atoms with Gasteiger partial charge in [-0.05, 0) is 52.2 Å². The Morgan fingerprint density at radius 3 is 2.22 bits per heavy atom. The number of benzene rings is 1. The van der Waals surface area contributed by atoms with E-state index in [1.807, 2.05) is 6.92 Å². The lowest BCUT2D eigenvalue weighted by atomic mass is 9.96. The maximum Gasteiger partial charge on any atom is 0.408 e. The number of esters is 1. The van der Waals surface area contributed by atoms with Gasteiger partial charge in [-0.1, -0.05) is 31.2 Å². The Morgan fingerprint density at radius 2 is 1.72 bits per heavy atom. The van der Waals surface area contributed by atoms with Crippen LogP contribution >= 0.6 is 0 Å². The Kier molecular flexibility index (Phi) is 11.4. The highest BCUT2D eigenvalue weighted by Crippen LogP contribution is 2.28. The second-order valence-electron chi connectivity index (χ2n) is 9.43. The summed E-state index contributed by atoms with van der Waals surface area (Å²) < 4.78 is 9.86. The van der Waals surface area contributed by atoms with Gasteiger partial charge in [0.05, 0.1) is 13.5 Å². The third kappa shape index (κ3) is 9.20. The van der Waals surface area contributed by atoms with Crippen LogP contribution in [0.3, 0.4) is 0 Å². The Hall–Kier alpha value is -3.63. The first-order valence-corrected chi connectivity index (χ1v) is 11.7. The fourth-order valence-corrected chi connectivity index (χ4v) is 3.47. The topological polar surface area (TPSA) is 157 Å². The molecule has 0 spiro atoms. The van der Waals surface area contributed by atoms with Crippen LogP contribution in [0.15, 0.2) is 24.3 Å². The number of alkyl carbamates (subject to hydrolysis) is 1. The summed E-state index contributed by atoms with van der Waals surface area (Å²) in [6.45, 7) is 9.92. The molecule has 4 N–H and O–H groups in total. The molecule has 11 nitrogen and oxygen atoms in total. The first kappa shape index (κ1) is 30.4. The molecular formula is C25H38N4O7. The van der Waals surface area contributed by atoms with Gasteiger partial charge >= 0.3 is 12.1 Å². The van der Waals surface area contributed by atoms with E-state index in [2.05, 4.69) is 15.4 Å². The molecule has 0 aliphatic carbocycles. The summed E-state index contributed by atoms with van der Waals surface area (Å²) in [5.74, 6) is -2.81. The van der Waals surface area contributed by atoms with E-state index in [4.69, 9.17) is 10.5 Å². The quantitative estimate of drug-likeness (QED) is 0.386. The van der Waals surface area contributed by atoms with Crippen molar-refractivity contribution in [2.75, 3.05) is 13.7 Å². The largest absolute Gasteiger partial charge is 0.468 e. The minimum atomic E-state index is -1.38. The van der Waals surface area contributed by atoms with Gasteiger partial charge in [-0.2, -0.15) is 0 Å². The molecule has 0 saturated carbocycles. The molecule has 200 valence electrons. The molecule has 0 fully saturated rings. The third-order valence-electron chi connectivity index (χ3n) is 5.36. The van der Waals surface area contributed by atoms with Gasteiger partial charge in [0.25, 0.3) is 0 Å². The second-order valence-corrected chi connectivity index (χ2v) is 9.43. The predicted molar refractivity (Wildman–Crippen MR) is 133 cm³/mol. The predicted octanol–water partition coefficient (Wildman–Crippen LogP) is 1.72. The number of aryl methyl sites for hydroxylation is 1. The van der Waals surface area contributed by atoms with E-state index >= 15 is 0 Å². The maximum absolute atomic E-state index is 13.9. The van der Waals surface area contributed by atoms with Crippen LogP contribution in [0.4, 0.5) is 4.79 Å². The van der Waals surface area contributed by atoms with Crippen LogP contribution in [0.25, 0.3) is 0 Å². The van der Waals surface area contributed by atoms with Crippen LogP contribution in [0.1, 0.15) is 64.6 Å². The summed E-state index contributed by atoms with van der Waals surface area (Å²) in [5, 5.41) is 4.94. The highest BCUT2D eigenvalue weighted by atomic mass is 16.6. The summed E-state index contributed by atoms with van der Waals surface area (Å²) in [7, 11) is 1.19. The minimum Gasteiger partial charge on any atom is -0.468 e. The molecule has 3 atom stereocenters. The van der Waals surface area contributed by atoms with Gasteiger partial charge in [-0.25, -0.2) is 4.79 Å². The first-order chi connectivity index (χ1) is 16.7. The number of methoxy groups -OCH3 is 1. The van der Waals surface area contributed by atoms with Crippen molar-refractivity contribution in [3.63, 3.8) is 0 Å². The number of primary amides is 1. The average Bonchev–Trinajstić information content (AvgIpc) is 2.78. The molecule has 1 aromatic carbocycles. The normalized spacial score (nSPS) is 13.5. The maximum atomic E-state index is 13.9. The molecule has 1 rings (SSSR count).